The van der Waals surface area contributed by atoms with Crippen LogP contribution in [0.1, 0.15) is 16.5 Å². The van der Waals surface area contributed by atoms with Gasteiger partial charge in [0.05, 0.1) is 47.8 Å². The maximum Gasteiger partial charge on any atom is 0.317 e. The summed E-state index contributed by atoms with van der Waals surface area (Å²) in [6, 6.07) is 8.02. The fraction of sp³-hybridized carbons (Fsp3) is 0.333. The number of rotatable bonds is 4. The number of nitrogens with one attached hydrogen (secondary N) is 2. The maximum atomic E-state index is 11.8. The van der Waals surface area contributed by atoms with Gasteiger partial charge in [-0.25, -0.2) is 14.8 Å². The van der Waals surface area contributed by atoms with Gasteiger partial charge in [-0.05, 0) is 17.7 Å². The Morgan fingerprint density at radius 2 is 2.29 bits per heavy atom. The van der Waals surface area contributed by atoms with Gasteiger partial charge in [0.25, 0.3) is 0 Å². The highest BCUT2D eigenvalue weighted by Gasteiger charge is 2.25. The van der Waals surface area contributed by atoms with E-state index < -0.39 is 0 Å². The monoisotopic (exact) mass is 437 g/mol. The van der Waals surface area contributed by atoms with E-state index >= 15 is 0 Å². The number of benzene rings is 1. The number of anilines is 1. The van der Waals surface area contributed by atoms with Crippen LogP contribution in [0.5, 0.6) is 0 Å². The summed E-state index contributed by atoms with van der Waals surface area (Å²) in [4.78, 5) is 25.9. The summed E-state index contributed by atoms with van der Waals surface area (Å²) in [5.41, 5.74) is 3.01. The van der Waals surface area contributed by atoms with E-state index in [9.17, 15) is 4.79 Å². The summed E-state index contributed by atoms with van der Waals surface area (Å²) in [6.07, 6.45) is 3.63. The Bertz CT molecular complexity index is 1230. The summed E-state index contributed by atoms with van der Waals surface area (Å²) >= 11 is 1.59. The first-order valence-corrected chi connectivity index (χ1v) is 10.9. The topological polar surface area (TPSA) is 99.3 Å². The number of ether oxygens (including phenoxy) is 1. The number of aromatic nitrogens is 4. The number of urea groups is 1. The van der Waals surface area contributed by atoms with Crippen LogP contribution in [0, 0.1) is 0 Å². The number of thiophene rings is 1. The van der Waals surface area contributed by atoms with Crippen molar-refractivity contribution in [1.82, 2.24) is 30.4 Å². The van der Waals surface area contributed by atoms with Crippen molar-refractivity contribution in [2.24, 2.45) is 0 Å². The minimum atomic E-state index is -0.115. The predicted molar refractivity (Wildman–Crippen MR) is 120 cm³/mol. The molecule has 1 unspecified atom stereocenters. The van der Waals surface area contributed by atoms with Crippen LogP contribution in [-0.2, 0) is 11.3 Å². The van der Waals surface area contributed by atoms with Crippen molar-refractivity contribution < 1.29 is 9.53 Å². The number of H-pyrrole nitrogens is 1. The molecule has 5 rings (SSSR count). The van der Waals surface area contributed by atoms with Crippen molar-refractivity contribution in [3.05, 3.63) is 47.1 Å². The summed E-state index contributed by atoms with van der Waals surface area (Å²) < 4.78 is 7.08. The second-order valence-electron chi connectivity index (χ2n) is 7.67. The quantitative estimate of drug-likeness (QED) is 0.509. The Morgan fingerprint density at radius 3 is 3.16 bits per heavy atom. The van der Waals surface area contributed by atoms with Crippen LogP contribution >= 0.6 is 11.3 Å². The Morgan fingerprint density at radius 1 is 1.39 bits per heavy atom. The van der Waals surface area contributed by atoms with Gasteiger partial charge in [0, 0.05) is 30.9 Å². The van der Waals surface area contributed by atoms with Crippen LogP contribution in [-0.4, -0.2) is 64.9 Å². The standard InChI is InChI=1S/C21H23N7O2S/c1-27(2)21(29)23-9-13-8-17-19(31-13)11-22-20(25-17)28-6-7-30-18(12-28)14-4-3-5-16-15(14)10-24-26-16/h3-5,8,10-11,18H,6-7,9,12H2,1-2H3,(H,23,29)(H,24,26). The normalized spacial score (nSPS) is 16.7. The van der Waals surface area contributed by atoms with E-state index in [1.54, 1.807) is 25.4 Å². The van der Waals surface area contributed by atoms with Gasteiger partial charge in [-0.15, -0.1) is 11.3 Å². The molecule has 2 N–H and O–H groups in total. The molecule has 0 radical (unpaired) electrons. The van der Waals surface area contributed by atoms with Gasteiger partial charge >= 0.3 is 6.03 Å². The molecule has 1 aliphatic heterocycles. The van der Waals surface area contributed by atoms with Gasteiger partial charge in [0.15, 0.2) is 0 Å². The molecule has 0 bridgehead atoms. The van der Waals surface area contributed by atoms with Gasteiger partial charge in [0.1, 0.15) is 6.10 Å². The molecule has 31 heavy (non-hydrogen) atoms. The number of amides is 2. The summed E-state index contributed by atoms with van der Waals surface area (Å²) in [6.45, 7) is 2.48. The van der Waals surface area contributed by atoms with E-state index in [0.29, 0.717) is 25.6 Å². The highest BCUT2D eigenvalue weighted by atomic mass is 32.1. The van der Waals surface area contributed by atoms with Gasteiger partial charge in [0.2, 0.25) is 5.95 Å². The molecule has 0 spiro atoms. The van der Waals surface area contributed by atoms with Crippen molar-refractivity contribution in [2.75, 3.05) is 38.7 Å². The number of fused-ring (bicyclic) bond motifs is 2. The molecular formula is C21H23N7O2S. The third kappa shape index (κ3) is 3.91. The van der Waals surface area contributed by atoms with Crippen LogP contribution in [0.25, 0.3) is 21.1 Å². The minimum Gasteiger partial charge on any atom is -0.370 e. The van der Waals surface area contributed by atoms with E-state index in [-0.39, 0.29) is 12.1 Å². The average Bonchev–Trinajstić information content (AvgIpc) is 3.43. The smallest absolute Gasteiger partial charge is 0.317 e. The zero-order valence-corrected chi connectivity index (χ0v) is 18.1. The maximum absolute atomic E-state index is 11.8. The fourth-order valence-corrected chi connectivity index (χ4v) is 4.64. The van der Waals surface area contributed by atoms with E-state index in [0.717, 1.165) is 38.1 Å². The first-order valence-electron chi connectivity index (χ1n) is 10.1. The van der Waals surface area contributed by atoms with Crippen molar-refractivity contribution in [1.29, 1.82) is 0 Å². The molecule has 3 aromatic heterocycles. The second kappa shape index (κ2) is 8.12. The summed E-state index contributed by atoms with van der Waals surface area (Å²) in [5.74, 6) is 0.696. The first kappa shape index (κ1) is 19.7. The van der Waals surface area contributed by atoms with Crippen molar-refractivity contribution >= 4 is 44.4 Å². The number of hydrogen-bond donors (Lipinski definition) is 2. The molecule has 0 aliphatic carbocycles. The number of carbonyl (C=O) groups is 1. The first-order chi connectivity index (χ1) is 15.1. The van der Waals surface area contributed by atoms with Gasteiger partial charge in [-0.3, -0.25) is 5.10 Å². The van der Waals surface area contributed by atoms with Gasteiger partial charge < -0.3 is 19.9 Å². The molecule has 1 fully saturated rings. The predicted octanol–water partition coefficient (Wildman–Crippen LogP) is 2.92. The highest BCUT2D eigenvalue weighted by molar-refractivity contribution is 7.18. The molecule has 2 amide bonds. The number of aromatic amines is 1. The van der Waals surface area contributed by atoms with E-state index in [4.69, 9.17) is 9.72 Å². The number of morpholine rings is 1. The average molecular weight is 438 g/mol. The van der Waals surface area contributed by atoms with E-state index in [2.05, 4.69) is 31.5 Å². The van der Waals surface area contributed by atoms with Gasteiger partial charge in [-0.1, -0.05) is 12.1 Å². The molecular weight excluding hydrogens is 414 g/mol. The molecule has 4 aromatic rings. The number of nitrogens with zero attached hydrogens (tertiary/aromatic N) is 5. The minimum absolute atomic E-state index is 0.0753. The van der Waals surface area contributed by atoms with Crippen molar-refractivity contribution in [2.45, 2.75) is 12.6 Å². The third-order valence-electron chi connectivity index (χ3n) is 5.34. The van der Waals surface area contributed by atoms with Crippen LogP contribution in [0.2, 0.25) is 0 Å². The molecule has 1 aliphatic rings. The van der Waals surface area contributed by atoms with Crippen LogP contribution < -0.4 is 10.2 Å². The SMILES string of the molecule is CN(C)C(=O)NCc1cc2nc(N3CCOC(c4cccc5[nH]ncc45)C3)ncc2s1. The van der Waals surface area contributed by atoms with E-state index in [1.165, 1.54) is 4.90 Å². The molecule has 4 heterocycles. The second-order valence-corrected chi connectivity index (χ2v) is 8.84. The Labute approximate surface area is 183 Å². The third-order valence-corrected chi connectivity index (χ3v) is 6.40. The Kier molecular flexibility index (Phi) is 5.16. The molecule has 160 valence electrons. The fourth-order valence-electron chi connectivity index (χ4n) is 3.73. The molecule has 10 heteroatoms. The lowest BCUT2D eigenvalue weighted by Crippen LogP contribution is -2.39. The molecule has 1 atom stereocenters. The van der Waals surface area contributed by atoms with Crippen molar-refractivity contribution in [3.63, 3.8) is 0 Å². The largest absolute Gasteiger partial charge is 0.370 e. The molecule has 1 saturated heterocycles. The summed E-state index contributed by atoms with van der Waals surface area (Å²) in [7, 11) is 3.45. The van der Waals surface area contributed by atoms with Gasteiger partial charge in [-0.2, -0.15) is 5.10 Å². The molecule has 0 saturated carbocycles. The Hall–Kier alpha value is -3.24. The highest BCUT2D eigenvalue weighted by Crippen LogP contribution is 2.30. The Balaban J connectivity index is 1.35. The summed E-state index contributed by atoms with van der Waals surface area (Å²) in [5, 5.41) is 11.1. The van der Waals surface area contributed by atoms with Crippen LogP contribution in [0.4, 0.5) is 10.7 Å². The van der Waals surface area contributed by atoms with E-state index in [1.807, 2.05) is 30.6 Å². The lowest BCUT2D eigenvalue weighted by Gasteiger charge is -2.33. The lowest BCUT2D eigenvalue weighted by molar-refractivity contribution is 0.0402. The van der Waals surface area contributed by atoms with Crippen LogP contribution in [0.3, 0.4) is 0 Å². The number of carbonyl (C=O) groups excluding carboxylic acids is 1. The molecule has 9 nitrogen and oxygen atoms in total. The van der Waals surface area contributed by atoms with Crippen molar-refractivity contribution in [3.8, 4) is 0 Å². The lowest BCUT2D eigenvalue weighted by atomic mass is 10.0. The number of hydrogen-bond acceptors (Lipinski definition) is 7. The zero-order valence-electron chi connectivity index (χ0n) is 17.3. The molecule has 1 aromatic carbocycles. The van der Waals surface area contributed by atoms with Crippen LogP contribution in [0.15, 0.2) is 36.7 Å². The zero-order chi connectivity index (χ0) is 21.4.